The van der Waals surface area contributed by atoms with E-state index in [0.717, 1.165) is 37.1 Å². The first-order valence-corrected chi connectivity index (χ1v) is 8.61. The summed E-state index contributed by atoms with van der Waals surface area (Å²) in [6.45, 7) is 1.81. The Kier molecular flexibility index (Phi) is 4.12. The molecule has 2 aliphatic rings. The van der Waals surface area contributed by atoms with E-state index in [9.17, 15) is 4.39 Å². The van der Waals surface area contributed by atoms with Crippen molar-refractivity contribution in [3.63, 3.8) is 0 Å². The third-order valence-corrected chi connectivity index (χ3v) is 5.02. The second-order valence-electron chi connectivity index (χ2n) is 6.56. The predicted molar refractivity (Wildman–Crippen MR) is 88.1 cm³/mol. The Bertz CT molecular complexity index is 679. The molecule has 2 aromatic rings. The predicted octanol–water partition coefficient (Wildman–Crippen LogP) is 3.70. The van der Waals surface area contributed by atoms with Crippen LogP contribution in [-0.4, -0.2) is 35.3 Å². The summed E-state index contributed by atoms with van der Waals surface area (Å²) in [6.07, 6.45) is 9.37. The summed E-state index contributed by atoms with van der Waals surface area (Å²) in [5.74, 6) is 0.555. The zero-order valence-corrected chi connectivity index (χ0v) is 13.2. The lowest BCUT2D eigenvalue weighted by atomic mass is 10.1. The molecule has 1 aromatic carbocycles. The van der Waals surface area contributed by atoms with Crippen LogP contribution in [0.3, 0.4) is 0 Å². The Morgan fingerprint density at radius 2 is 1.74 bits per heavy atom. The molecule has 1 aliphatic heterocycles. The molecule has 1 aromatic heterocycles. The van der Waals surface area contributed by atoms with E-state index >= 15 is 0 Å². The smallest absolute Gasteiger partial charge is 0.149 e. The minimum absolute atomic E-state index is 0.286. The lowest BCUT2D eigenvalue weighted by Gasteiger charge is -2.34. The van der Waals surface area contributed by atoms with Crippen molar-refractivity contribution in [2.24, 2.45) is 0 Å². The molecule has 1 saturated heterocycles. The molecular weight excluding hydrogens is 293 g/mol. The minimum atomic E-state index is -0.286. The number of rotatable bonds is 3. The van der Waals surface area contributed by atoms with Gasteiger partial charge in [0.15, 0.2) is 0 Å². The number of ether oxygens (including phenoxy) is 1. The van der Waals surface area contributed by atoms with E-state index in [0.29, 0.717) is 17.7 Å². The second-order valence-corrected chi connectivity index (χ2v) is 6.56. The molecule has 122 valence electrons. The fraction of sp³-hybridized carbons (Fsp3) is 0.556. The number of para-hydroxylation sites is 1. The summed E-state index contributed by atoms with van der Waals surface area (Å²) >= 11 is 0. The molecule has 2 heterocycles. The van der Waals surface area contributed by atoms with Gasteiger partial charge in [-0.05, 0) is 37.8 Å². The van der Waals surface area contributed by atoms with E-state index in [1.165, 1.54) is 38.1 Å². The summed E-state index contributed by atoms with van der Waals surface area (Å²) in [4.78, 5) is 10.7. The zero-order valence-electron chi connectivity index (χ0n) is 13.2. The van der Waals surface area contributed by atoms with Gasteiger partial charge in [-0.2, -0.15) is 0 Å². The molecule has 2 fully saturated rings. The van der Waals surface area contributed by atoms with Gasteiger partial charge in [0.1, 0.15) is 23.5 Å². The van der Waals surface area contributed by atoms with Crippen molar-refractivity contribution in [1.82, 2.24) is 9.97 Å². The highest BCUT2D eigenvalue weighted by molar-refractivity contribution is 5.89. The molecule has 0 unspecified atom stereocenters. The molecule has 0 amide bonds. The third kappa shape index (κ3) is 3.02. The molecule has 5 heteroatoms. The van der Waals surface area contributed by atoms with Crippen molar-refractivity contribution >= 4 is 16.7 Å². The van der Waals surface area contributed by atoms with Gasteiger partial charge in [-0.15, -0.1) is 0 Å². The van der Waals surface area contributed by atoms with Crippen LogP contribution in [0.1, 0.15) is 38.5 Å². The number of piperidine rings is 1. The van der Waals surface area contributed by atoms with Crippen LogP contribution in [0.5, 0.6) is 0 Å². The van der Waals surface area contributed by atoms with E-state index < -0.39 is 0 Å². The topological polar surface area (TPSA) is 38.2 Å². The number of hydrogen-bond acceptors (Lipinski definition) is 4. The quantitative estimate of drug-likeness (QED) is 0.866. The van der Waals surface area contributed by atoms with Gasteiger partial charge in [-0.25, -0.2) is 14.4 Å². The van der Waals surface area contributed by atoms with Crippen molar-refractivity contribution in [1.29, 1.82) is 0 Å². The maximum Gasteiger partial charge on any atom is 0.149 e. The molecule has 1 saturated carbocycles. The average molecular weight is 315 g/mol. The molecule has 4 rings (SSSR count). The van der Waals surface area contributed by atoms with Crippen LogP contribution in [0.15, 0.2) is 24.5 Å². The van der Waals surface area contributed by atoms with Crippen LogP contribution >= 0.6 is 0 Å². The van der Waals surface area contributed by atoms with Crippen molar-refractivity contribution in [3.05, 3.63) is 30.3 Å². The molecule has 0 N–H and O–H groups in total. The maximum absolute atomic E-state index is 13.9. The monoisotopic (exact) mass is 315 g/mol. The lowest BCUT2D eigenvalue weighted by Crippen LogP contribution is -2.38. The van der Waals surface area contributed by atoms with Gasteiger partial charge in [-0.1, -0.05) is 18.9 Å². The van der Waals surface area contributed by atoms with E-state index in [-0.39, 0.29) is 5.82 Å². The first-order chi connectivity index (χ1) is 11.3. The summed E-state index contributed by atoms with van der Waals surface area (Å²) in [6, 6.07) is 5.07. The normalized spacial score (nSPS) is 20.5. The first kappa shape index (κ1) is 14.8. The van der Waals surface area contributed by atoms with Crippen molar-refractivity contribution in [3.8, 4) is 0 Å². The molecule has 1 aliphatic carbocycles. The van der Waals surface area contributed by atoms with Crippen molar-refractivity contribution in [2.45, 2.75) is 50.7 Å². The number of benzene rings is 1. The molecular formula is C18H22FN3O. The highest BCUT2D eigenvalue weighted by Gasteiger charge is 2.26. The van der Waals surface area contributed by atoms with Gasteiger partial charge in [0, 0.05) is 18.5 Å². The molecule has 0 atom stereocenters. The van der Waals surface area contributed by atoms with E-state index in [1.807, 2.05) is 6.07 Å². The number of anilines is 1. The minimum Gasteiger partial charge on any atom is -0.375 e. The maximum atomic E-state index is 13.9. The number of nitrogens with zero attached hydrogens (tertiary/aromatic N) is 3. The van der Waals surface area contributed by atoms with Crippen LogP contribution in [0, 0.1) is 5.82 Å². The van der Waals surface area contributed by atoms with E-state index in [1.54, 1.807) is 6.07 Å². The largest absolute Gasteiger partial charge is 0.375 e. The summed E-state index contributed by atoms with van der Waals surface area (Å²) in [7, 11) is 0. The first-order valence-electron chi connectivity index (χ1n) is 8.61. The molecule has 23 heavy (non-hydrogen) atoms. The number of aromatic nitrogens is 2. The summed E-state index contributed by atoms with van der Waals surface area (Å²) in [5.41, 5.74) is 0.404. The van der Waals surface area contributed by atoms with Gasteiger partial charge in [0.2, 0.25) is 0 Å². The lowest BCUT2D eigenvalue weighted by molar-refractivity contribution is -0.0195. The van der Waals surface area contributed by atoms with E-state index in [4.69, 9.17) is 4.74 Å². The van der Waals surface area contributed by atoms with Gasteiger partial charge in [0.25, 0.3) is 0 Å². The summed E-state index contributed by atoms with van der Waals surface area (Å²) < 4.78 is 20.1. The molecule has 0 bridgehead atoms. The van der Waals surface area contributed by atoms with Crippen LogP contribution in [0.2, 0.25) is 0 Å². The fourth-order valence-corrected chi connectivity index (χ4v) is 3.79. The number of halogens is 1. The van der Waals surface area contributed by atoms with Crippen molar-refractivity contribution in [2.75, 3.05) is 18.0 Å². The highest BCUT2D eigenvalue weighted by Crippen LogP contribution is 2.29. The van der Waals surface area contributed by atoms with Crippen molar-refractivity contribution < 1.29 is 9.13 Å². The molecule has 0 radical (unpaired) electrons. The SMILES string of the molecule is Fc1cccc2c(N3CCC(OC4CCCC4)CC3)ncnc12. The Hall–Kier alpha value is -1.75. The van der Waals surface area contributed by atoms with Crippen LogP contribution < -0.4 is 4.90 Å². The van der Waals surface area contributed by atoms with Crippen LogP contribution in [-0.2, 0) is 4.74 Å². The number of hydrogen-bond donors (Lipinski definition) is 0. The van der Waals surface area contributed by atoms with Gasteiger partial charge < -0.3 is 9.64 Å². The standard InChI is InChI=1S/C18H22FN3O/c19-16-7-3-6-15-17(16)20-12-21-18(15)22-10-8-14(9-11-22)23-13-4-1-2-5-13/h3,6-7,12-14H,1-2,4-5,8-11H2. The Balaban J connectivity index is 1.47. The van der Waals surface area contributed by atoms with Gasteiger partial charge >= 0.3 is 0 Å². The van der Waals surface area contributed by atoms with Gasteiger partial charge in [-0.3, -0.25) is 0 Å². The Morgan fingerprint density at radius 1 is 1.00 bits per heavy atom. The van der Waals surface area contributed by atoms with Crippen LogP contribution in [0.4, 0.5) is 10.2 Å². The molecule has 0 spiro atoms. The van der Waals surface area contributed by atoms with Crippen LogP contribution in [0.25, 0.3) is 10.9 Å². The van der Waals surface area contributed by atoms with E-state index in [2.05, 4.69) is 14.9 Å². The molecule has 4 nitrogen and oxygen atoms in total. The Labute approximate surface area is 135 Å². The average Bonchev–Trinajstić information content (AvgIpc) is 3.09. The van der Waals surface area contributed by atoms with Gasteiger partial charge in [0.05, 0.1) is 12.2 Å². The fourth-order valence-electron chi connectivity index (χ4n) is 3.79. The zero-order chi connectivity index (χ0) is 15.6. The summed E-state index contributed by atoms with van der Waals surface area (Å²) in [5, 5.41) is 0.794. The third-order valence-electron chi connectivity index (χ3n) is 5.02. The number of fused-ring (bicyclic) bond motifs is 1. The Morgan fingerprint density at radius 3 is 2.52 bits per heavy atom. The second kappa shape index (κ2) is 6.40. The highest BCUT2D eigenvalue weighted by atomic mass is 19.1.